The molecule has 2 saturated carbocycles. The topological polar surface area (TPSA) is 26.3 Å². The van der Waals surface area contributed by atoms with Crippen LogP contribution in [0.5, 0.6) is 5.75 Å². The molecule has 0 aromatic heterocycles. The maximum Gasteiger partial charge on any atom is 0.314 e. The lowest BCUT2D eigenvalue weighted by Crippen LogP contribution is -2.30. The van der Waals surface area contributed by atoms with Crippen molar-refractivity contribution in [2.24, 2.45) is 23.7 Å². The van der Waals surface area contributed by atoms with Gasteiger partial charge in [-0.1, -0.05) is 45.4 Å². The van der Waals surface area contributed by atoms with Crippen molar-refractivity contribution < 1.29 is 13.9 Å². The molecule has 0 aliphatic heterocycles. The van der Waals surface area contributed by atoms with Crippen LogP contribution in [0.1, 0.15) is 84.0 Å². The van der Waals surface area contributed by atoms with Gasteiger partial charge >= 0.3 is 5.97 Å². The minimum atomic E-state index is -0.310. The highest BCUT2D eigenvalue weighted by atomic mass is 19.1. The van der Waals surface area contributed by atoms with Crippen LogP contribution in [0.25, 0.3) is 0 Å². The monoisotopic (exact) mass is 374 g/mol. The van der Waals surface area contributed by atoms with E-state index in [4.69, 9.17) is 4.74 Å². The Balaban J connectivity index is 1.37. The van der Waals surface area contributed by atoms with Crippen molar-refractivity contribution in [2.45, 2.75) is 84.0 Å². The Morgan fingerprint density at radius 3 is 2.11 bits per heavy atom. The third-order valence-corrected chi connectivity index (χ3v) is 6.91. The highest BCUT2D eigenvalue weighted by Gasteiger charge is 2.33. The standard InChI is InChI=1S/C24H35FO2/c1-2-3-4-5-18-6-8-19(9-7-18)20-10-12-21(13-11-20)24(26)27-23-16-14-22(25)15-17-23/h14-21H,2-13H2,1H3/t18-,19-,20-,21-. The molecule has 2 nitrogen and oxygen atoms in total. The minimum absolute atomic E-state index is 0.0108. The molecule has 0 saturated heterocycles. The van der Waals surface area contributed by atoms with E-state index >= 15 is 0 Å². The molecule has 3 heteroatoms. The van der Waals surface area contributed by atoms with E-state index in [1.54, 1.807) is 0 Å². The van der Waals surface area contributed by atoms with Crippen molar-refractivity contribution in [1.29, 1.82) is 0 Å². The van der Waals surface area contributed by atoms with Crippen LogP contribution in [-0.2, 0) is 4.79 Å². The summed E-state index contributed by atoms with van der Waals surface area (Å²) in [7, 11) is 0. The summed E-state index contributed by atoms with van der Waals surface area (Å²) in [6.07, 6.45) is 15.4. The molecule has 0 spiro atoms. The van der Waals surface area contributed by atoms with Gasteiger partial charge in [-0.2, -0.15) is 0 Å². The van der Waals surface area contributed by atoms with Gasteiger partial charge in [-0.05, 0) is 80.5 Å². The number of halogens is 1. The molecule has 0 bridgehead atoms. The van der Waals surface area contributed by atoms with Crippen molar-refractivity contribution in [3.8, 4) is 5.75 Å². The number of carbonyl (C=O) groups excluding carboxylic acids is 1. The summed E-state index contributed by atoms with van der Waals surface area (Å²) in [5, 5.41) is 0. The van der Waals surface area contributed by atoms with Gasteiger partial charge in [0.2, 0.25) is 0 Å². The Labute approximate surface area is 163 Å². The molecule has 0 radical (unpaired) electrons. The highest BCUT2D eigenvalue weighted by molar-refractivity contribution is 5.75. The Morgan fingerprint density at radius 2 is 1.52 bits per heavy atom. The zero-order chi connectivity index (χ0) is 19.1. The first-order chi connectivity index (χ1) is 13.2. The van der Waals surface area contributed by atoms with E-state index in [0.717, 1.165) is 43.4 Å². The van der Waals surface area contributed by atoms with Crippen molar-refractivity contribution in [2.75, 3.05) is 0 Å². The highest BCUT2D eigenvalue weighted by Crippen LogP contribution is 2.42. The summed E-state index contributed by atoms with van der Waals surface area (Å²) in [6.45, 7) is 2.28. The van der Waals surface area contributed by atoms with Gasteiger partial charge in [0.1, 0.15) is 11.6 Å². The molecule has 0 atom stereocenters. The maximum atomic E-state index is 13.0. The van der Waals surface area contributed by atoms with Crippen LogP contribution >= 0.6 is 0 Å². The van der Waals surface area contributed by atoms with Crippen molar-refractivity contribution in [3.63, 3.8) is 0 Å². The van der Waals surface area contributed by atoms with Crippen molar-refractivity contribution in [3.05, 3.63) is 30.1 Å². The Bertz CT molecular complexity index is 567. The number of rotatable bonds is 7. The molecule has 150 valence electrons. The third-order valence-electron chi connectivity index (χ3n) is 6.91. The van der Waals surface area contributed by atoms with Crippen molar-refractivity contribution in [1.82, 2.24) is 0 Å². The van der Waals surface area contributed by atoms with Crippen LogP contribution in [-0.4, -0.2) is 5.97 Å². The van der Waals surface area contributed by atoms with Gasteiger partial charge in [-0.3, -0.25) is 4.79 Å². The van der Waals surface area contributed by atoms with E-state index < -0.39 is 0 Å². The molecule has 2 aliphatic rings. The van der Waals surface area contributed by atoms with Gasteiger partial charge in [0, 0.05) is 0 Å². The van der Waals surface area contributed by atoms with E-state index in [9.17, 15) is 9.18 Å². The second-order valence-corrected chi connectivity index (χ2v) is 8.76. The largest absolute Gasteiger partial charge is 0.426 e. The predicted molar refractivity (Wildman–Crippen MR) is 107 cm³/mol. The first-order valence-electron chi connectivity index (χ1n) is 11.1. The van der Waals surface area contributed by atoms with Gasteiger partial charge in [-0.15, -0.1) is 0 Å². The van der Waals surface area contributed by atoms with Crippen LogP contribution in [0.3, 0.4) is 0 Å². The molecule has 0 amide bonds. The van der Waals surface area contributed by atoms with Gasteiger partial charge < -0.3 is 4.74 Å². The number of ether oxygens (including phenoxy) is 1. The van der Waals surface area contributed by atoms with E-state index in [1.807, 2.05) is 0 Å². The summed E-state index contributed by atoms with van der Waals surface area (Å²) in [4.78, 5) is 12.4. The number of unbranched alkanes of at least 4 members (excludes halogenated alkanes) is 2. The second-order valence-electron chi connectivity index (χ2n) is 8.76. The predicted octanol–water partition coefficient (Wildman–Crippen LogP) is 6.92. The summed E-state index contributed by atoms with van der Waals surface area (Å²) in [6, 6.07) is 5.71. The van der Waals surface area contributed by atoms with Crippen LogP contribution in [0, 0.1) is 29.5 Å². The molecule has 2 fully saturated rings. The molecule has 2 aliphatic carbocycles. The van der Waals surface area contributed by atoms with E-state index in [2.05, 4.69) is 6.92 Å². The fourth-order valence-corrected chi connectivity index (χ4v) is 5.16. The lowest BCUT2D eigenvalue weighted by molar-refractivity contribution is -0.140. The molecule has 27 heavy (non-hydrogen) atoms. The second kappa shape index (κ2) is 10.2. The zero-order valence-corrected chi connectivity index (χ0v) is 16.8. The average Bonchev–Trinajstić information content (AvgIpc) is 2.70. The molecule has 3 rings (SSSR count). The number of esters is 1. The van der Waals surface area contributed by atoms with Crippen LogP contribution in [0.2, 0.25) is 0 Å². The molecule has 0 heterocycles. The minimum Gasteiger partial charge on any atom is -0.426 e. The number of carbonyl (C=O) groups is 1. The summed E-state index contributed by atoms with van der Waals surface area (Å²) < 4.78 is 18.4. The third kappa shape index (κ3) is 6.05. The lowest BCUT2D eigenvalue weighted by atomic mass is 9.68. The SMILES string of the molecule is CCCCC[C@H]1CC[C@H]([C@H]2CC[C@H](C(=O)Oc3ccc(F)cc3)CC2)CC1. The molecule has 0 unspecified atom stereocenters. The fourth-order valence-electron chi connectivity index (χ4n) is 5.16. The van der Waals surface area contributed by atoms with Gasteiger partial charge in [0.25, 0.3) is 0 Å². The smallest absolute Gasteiger partial charge is 0.314 e. The van der Waals surface area contributed by atoms with Crippen LogP contribution < -0.4 is 4.74 Å². The fraction of sp³-hybridized carbons (Fsp3) is 0.708. The summed E-state index contributed by atoms with van der Waals surface area (Å²) in [5.74, 6) is 2.66. The normalized spacial score (nSPS) is 28.7. The lowest BCUT2D eigenvalue weighted by Gasteiger charge is -2.37. The Hall–Kier alpha value is -1.38. The quantitative estimate of drug-likeness (QED) is 0.294. The molecule has 0 N–H and O–H groups in total. The first kappa shape index (κ1) is 20.4. The average molecular weight is 375 g/mol. The summed E-state index contributed by atoms with van der Waals surface area (Å²) in [5.41, 5.74) is 0. The Morgan fingerprint density at radius 1 is 0.926 bits per heavy atom. The van der Waals surface area contributed by atoms with Crippen LogP contribution in [0.15, 0.2) is 24.3 Å². The maximum absolute atomic E-state index is 13.0. The molecule has 1 aromatic rings. The zero-order valence-electron chi connectivity index (χ0n) is 16.8. The van der Waals surface area contributed by atoms with Gasteiger partial charge in [-0.25, -0.2) is 4.39 Å². The number of hydrogen-bond acceptors (Lipinski definition) is 2. The first-order valence-corrected chi connectivity index (χ1v) is 11.1. The van der Waals surface area contributed by atoms with E-state index in [-0.39, 0.29) is 17.7 Å². The molecular weight excluding hydrogens is 339 g/mol. The van der Waals surface area contributed by atoms with Gasteiger partial charge in [0.15, 0.2) is 0 Å². The summed E-state index contributed by atoms with van der Waals surface area (Å²) >= 11 is 0. The Kier molecular flexibility index (Phi) is 7.72. The van der Waals surface area contributed by atoms with Crippen molar-refractivity contribution >= 4 is 5.97 Å². The van der Waals surface area contributed by atoms with E-state index in [1.165, 1.54) is 75.6 Å². The van der Waals surface area contributed by atoms with Gasteiger partial charge in [0.05, 0.1) is 5.92 Å². The molecular formula is C24H35FO2. The van der Waals surface area contributed by atoms with Crippen LogP contribution in [0.4, 0.5) is 4.39 Å². The number of hydrogen-bond donors (Lipinski definition) is 0. The molecule has 1 aromatic carbocycles. The van der Waals surface area contributed by atoms with E-state index in [0.29, 0.717) is 5.75 Å². The number of benzene rings is 1.